The average molecular weight is 143 g/mol. The summed E-state index contributed by atoms with van der Waals surface area (Å²) >= 11 is 0. The van der Waals surface area contributed by atoms with Crippen LogP contribution in [0, 0.1) is 11.8 Å². The summed E-state index contributed by atoms with van der Waals surface area (Å²) in [7, 11) is 3.79. The van der Waals surface area contributed by atoms with Gasteiger partial charge >= 0.3 is 0 Å². The van der Waals surface area contributed by atoms with Crippen molar-refractivity contribution < 1.29 is 4.74 Å². The van der Waals surface area contributed by atoms with E-state index >= 15 is 0 Å². The molecule has 0 saturated heterocycles. The molecule has 1 N–H and O–H groups in total. The Kier molecular flexibility index (Phi) is 2.32. The first-order chi connectivity index (χ1) is 4.72. The van der Waals surface area contributed by atoms with Gasteiger partial charge in [-0.1, -0.05) is 13.8 Å². The van der Waals surface area contributed by atoms with Gasteiger partial charge in [0.15, 0.2) is 0 Å². The van der Waals surface area contributed by atoms with Gasteiger partial charge in [0, 0.05) is 19.1 Å². The van der Waals surface area contributed by atoms with Crippen molar-refractivity contribution in [2.75, 3.05) is 14.2 Å². The van der Waals surface area contributed by atoms with Gasteiger partial charge in [-0.2, -0.15) is 0 Å². The number of hydrogen-bond acceptors (Lipinski definition) is 2. The zero-order valence-corrected chi connectivity index (χ0v) is 7.22. The minimum absolute atomic E-state index is 0.463. The number of likely N-dealkylation sites (N-methyl/N-ethyl adjacent to an activating group) is 1. The Balaban J connectivity index is 2.36. The minimum Gasteiger partial charge on any atom is -0.379 e. The van der Waals surface area contributed by atoms with Crippen molar-refractivity contribution in [3.8, 4) is 0 Å². The van der Waals surface area contributed by atoms with Crippen LogP contribution >= 0.6 is 0 Å². The van der Waals surface area contributed by atoms with E-state index in [2.05, 4.69) is 19.2 Å². The third kappa shape index (κ3) is 1.18. The Morgan fingerprint density at radius 1 is 1.40 bits per heavy atom. The SMILES string of the molecule is CNC1C(OC)[C@@H]1C(C)C. The molecule has 0 spiro atoms. The van der Waals surface area contributed by atoms with Crippen molar-refractivity contribution in [2.24, 2.45) is 11.8 Å². The Morgan fingerprint density at radius 2 is 2.00 bits per heavy atom. The largest absolute Gasteiger partial charge is 0.379 e. The predicted octanol–water partition coefficient (Wildman–Crippen LogP) is 0.875. The van der Waals surface area contributed by atoms with Crippen molar-refractivity contribution in [3.63, 3.8) is 0 Å². The quantitative estimate of drug-likeness (QED) is 0.633. The lowest BCUT2D eigenvalue weighted by atomic mass is 10.1. The van der Waals surface area contributed by atoms with Gasteiger partial charge in [0.1, 0.15) is 0 Å². The van der Waals surface area contributed by atoms with Crippen LogP contribution < -0.4 is 5.32 Å². The number of ether oxygens (including phenoxy) is 1. The molecule has 0 amide bonds. The van der Waals surface area contributed by atoms with Gasteiger partial charge in [0.05, 0.1) is 6.10 Å². The lowest BCUT2D eigenvalue weighted by molar-refractivity contribution is 0.157. The Bertz CT molecular complexity index is 104. The van der Waals surface area contributed by atoms with Crippen LogP contribution in [0.4, 0.5) is 0 Å². The lowest BCUT2D eigenvalue weighted by Gasteiger charge is -1.99. The number of rotatable bonds is 3. The fourth-order valence-electron chi connectivity index (χ4n) is 1.76. The first-order valence-corrected chi connectivity index (χ1v) is 3.92. The second-order valence-electron chi connectivity index (χ2n) is 3.34. The molecule has 0 aromatic rings. The summed E-state index contributed by atoms with van der Waals surface area (Å²) in [5.41, 5.74) is 0. The van der Waals surface area contributed by atoms with Gasteiger partial charge in [-0.15, -0.1) is 0 Å². The van der Waals surface area contributed by atoms with Gasteiger partial charge in [0.25, 0.3) is 0 Å². The molecule has 60 valence electrons. The van der Waals surface area contributed by atoms with Gasteiger partial charge in [-0.05, 0) is 13.0 Å². The molecule has 10 heavy (non-hydrogen) atoms. The first kappa shape index (κ1) is 8.02. The summed E-state index contributed by atoms with van der Waals surface area (Å²) in [5.74, 6) is 1.47. The van der Waals surface area contributed by atoms with Crippen LogP contribution in [0.15, 0.2) is 0 Å². The maximum Gasteiger partial charge on any atom is 0.0774 e. The number of methoxy groups -OCH3 is 1. The molecule has 2 unspecified atom stereocenters. The molecule has 1 aliphatic carbocycles. The molecule has 0 bridgehead atoms. The molecule has 3 atom stereocenters. The molecule has 1 aliphatic rings. The van der Waals surface area contributed by atoms with Crippen LogP contribution in [0.1, 0.15) is 13.8 Å². The van der Waals surface area contributed by atoms with Crippen LogP contribution in [0.5, 0.6) is 0 Å². The summed E-state index contributed by atoms with van der Waals surface area (Å²) in [5, 5.41) is 3.25. The van der Waals surface area contributed by atoms with Crippen molar-refractivity contribution in [1.82, 2.24) is 5.32 Å². The molecule has 1 fully saturated rings. The number of hydrogen-bond donors (Lipinski definition) is 1. The molecule has 2 heteroatoms. The molecular formula is C8H17NO. The zero-order chi connectivity index (χ0) is 7.72. The molecule has 0 aromatic heterocycles. The van der Waals surface area contributed by atoms with Crippen molar-refractivity contribution in [3.05, 3.63) is 0 Å². The maximum absolute atomic E-state index is 5.28. The highest BCUT2D eigenvalue weighted by atomic mass is 16.5. The third-order valence-electron chi connectivity index (χ3n) is 2.38. The summed E-state index contributed by atoms with van der Waals surface area (Å²) in [6.07, 6.45) is 0.463. The van der Waals surface area contributed by atoms with E-state index < -0.39 is 0 Å². The van der Waals surface area contributed by atoms with Crippen molar-refractivity contribution >= 4 is 0 Å². The fourth-order valence-corrected chi connectivity index (χ4v) is 1.76. The highest BCUT2D eigenvalue weighted by molar-refractivity contribution is 5.05. The van der Waals surface area contributed by atoms with E-state index in [9.17, 15) is 0 Å². The Labute approximate surface area is 63.0 Å². The van der Waals surface area contributed by atoms with Crippen molar-refractivity contribution in [1.29, 1.82) is 0 Å². The van der Waals surface area contributed by atoms with Crippen LogP contribution in [0.3, 0.4) is 0 Å². The second-order valence-corrected chi connectivity index (χ2v) is 3.34. The van der Waals surface area contributed by atoms with E-state index in [1.54, 1.807) is 7.11 Å². The van der Waals surface area contributed by atoms with Crippen LogP contribution in [-0.4, -0.2) is 26.3 Å². The Morgan fingerprint density at radius 3 is 2.10 bits per heavy atom. The molecular weight excluding hydrogens is 126 g/mol. The molecule has 0 heterocycles. The van der Waals surface area contributed by atoms with Crippen LogP contribution in [0.25, 0.3) is 0 Å². The third-order valence-corrected chi connectivity index (χ3v) is 2.38. The zero-order valence-electron chi connectivity index (χ0n) is 7.22. The summed E-state index contributed by atoms with van der Waals surface area (Å²) < 4.78 is 5.28. The normalized spacial score (nSPS) is 38.7. The molecule has 0 aromatic carbocycles. The van der Waals surface area contributed by atoms with E-state index in [0.717, 1.165) is 11.8 Å². The first-order valence-electron chi connectivity index (χ1n) is 3.92. The topological polar surface area (TPSA) is 21.3 Å². The van der Waals surface area contributed by atoms with E-state index in [1.807, 2.05) is 7.05 Å². The summed E-state index contributed by atoms with van der Waals surface area (Å²) in [6.45, 7) is 4.49. The monoisotopic (exact) mass is 143 g/mol. The highest BCUT2D eigenvalue weighted by Gasteiger charge is 2.51. The average Bonchev–Trinajstić information content (AvgIpc) is 2.60. The molecule has 1 rings (SSSR count). The fraction of sp³-hybridized carbons (Fsp3) is 1.00. The summed E-state index contributed by atoms with van der Waals surface area (Å²) in [6, 6.07) is 0.602. The smallest absolute Gasteiger partial charge is 0.0774 e. The van der Waals surface area contributed by atoms with Gasteiger partial charge < -0.3 is 10.1 Å². The maximum atomic E-state index is 5.28. The summed E-state index contributed by atoms with van der Waals surface area (Å²) in [4.78, 5) is 0. The van der Waals surface area contributed by atoms with Crippen LogP contribution in [0.2, 0.25) is 0 Å². The molecule has 1 saturated carbocycles. The molecule has 2 nitrogen and oxygen atoms in total. The predicted molar refractivity (Wildman–Crippen MR) is 42.0 cm³/mol. The van der Waals surface area contributed by atoms with Crippen molar-refractivity contribution in [2.45, 2.75) is 26.0 Å². The second kappa shape index (κ2) is 2.89. The minimum atomic E-state index is 0.463. The molecule has 0 radical (unpaired) electrons. The van der Waals surface area contributed by atoms with Gasteiger partial charge in [-0.3, -0.25) is 0 Å². The number of nitrogens with one attached hydrogen (secondary N) is 1. The van der Waals surface area contributed by atoms with E-state index in [0.29, 0.717) is 12.1 Å². The van der Waals surface area contributed by atoms with E-state index in [1.165, 1.54) is 0 Å². The molecule has 0 aliphatic heterocycles. The Hall–Kier alpha value is -0.0800. The van der Waals surface area contributed by atoms with E-state index in [-0.39, 0.29) is 0 Å². The lowest BCUT2D eigenvalue weighted by Crippen LogP contribution is -2.15. The van der Waals surface area contributed by atoms with Crippen LogP contribution in [-0.2, 0) is 4.74 Å². The standard InChI is InChI=1S/C8H17NO/c1-5(2)6-7(9-3)8(6)10-4/h5-9H,1-4H3/t6-,7?,8?/m1/s1. The van der Waals surface area contributed by atoms with E-state index in [4.69, 9.17) is 4.74 Å². The van der Waals surface area contributed by atoms with Gasteiger partial charge in [0.2, 0.25) is 0 Å². The van der Waals surface area contributed by atoms with Gasteiger partial charge in [-0.25, -0.2) is 0 Å². The highest BCUT2D eigenvalue weighted by Crippen LogP contribution is 2.39.